The fraction of sp³-hybridized carbons (Fsp3) is 0.417. The van der Waals surface area contributed by atoms with E-state index < -0.39 is 0 Å². The third kappa shape index (κ3) is 2.55. The van der Waals surface area contributed by atoms with Gasteiger partial charge in [-0.25, -0.2) is 4.98 Å². The Kier molecular flexibility index (Phi) is 3.03. The number of nitrogens with zero attached hydrogens (tertiary/aromatic N) is 1. The molecule has 0 fully saturated rings. The van der Waals surface area contributed by atoms with Crippen LogP contribution in [0.25, 0.3) is 10.2 Å². The molecule has 2 aromatic rings. The summed E-state index contributed by atoms with van der Waals surface area (Å²) in [7, 11) is 0. The van der Waals surface area contributed by atoms with Crippen LogP contribution in [0.3, 0.4) is 0 Å². The standard InChI is InChI=1S/C12H16N2S/c1-8(2)13-7-12-14-10-6-9(3)4-5-11(10)15-12/h4-6,8,13H,7H2,1-3H3. The quantitative estimate of drug-likeness (QED) is 0.859. The molecule has 0 atom stereocenters. The van der Waals surface area contributed by atoms with Crippen molar-refractivity contribution in [2.24, 2.45) is 0 Å². The molecule has 0 unspecified atom stereocenters. The maximum absolute atomic E-state index is 4.60. The number of hydrogen-bond acceptors (Lipinski definition) is 3. The summed E-state index contributed by atoms with van der Waals surface area (Å²) in [6.07, 6.45) is 0. The van der Waals surface area contributed by atoms with Crippen LogP contribution in [0.4, 0.5) is 0 Å². The van der Waals surface area contributed by atoms with Gasteiger partial charge in [-0.3, -0.25) is 0 Å². The first-order chi connectivity index (χ1) is 7.15. The Morgan fingerprint density at radius 1 is 1.40 bits per heavy atom. The number of benzene rings is 1. The topological polar surface area (TPSA) is 24.9 Å². The van der Waals surface area contributed by atoms with Crippen LogP contribution >= 0.6 is 11.3 Å². The predicted molar refractivity (Wildman–Crippen MR) is 66.3 cm³/mol. The van der Waals surface area contributed by atoms with Gasteiger partial charge in [-0.2, -0.15) is 0 Å². The first-order valence-electron chi connectivity index (χ1n) is 5.24. The lowest BCUT2D eigenvalue weighted by atomic mass is 10.2. The third-order valence-electron chi connectivity index (χ3n) is 2.25. The molecule has 0 spiro atoms. The Morgan fingerprint density at radius 2 is 2.20 bits per heavy atom. The van der Waals surface area contributed by atoms with E-state index in [1.54, 1.807) is 11.3 Å². The highest BCUT2D eigenvalue weighted by molar-refractivity contribution is 7.18. The minimum absolute atomic E-state index is 0.513. The molecule has 0 aliphatic heterocycles. The molecule has 0 radical (unpaired) electrons. The second-order valence-corrected chi connectivity index (χ2v) is 5.23. The fourth-order valence-electron chi connectivity index (χ4n) is 1.45. The van der Waals surface area contributed by atoms with Crippen LogP contribution in [-0.4, -0.2) is 11.0 Å². The molecule has 1 heterocycles. The smallest absolute Gasteiger partial charge is 0.108 e. The van der Waals surface area contributed by atoms with Crippen molar-refractivity contribution in [3.05, 3.63) is 28.8 Å². The van der Waals surface area contributed by atoms with Gasteiger partial charge in [0.05, 0.1) is 10.2 Å². The van der Waals surface area contributed by atoms with Gasteiger partial charge in [-0.1, -0.05) is 19.9 Å². The monoisotopic (exact) mass is 220 g/mol. The molecule has 1 N–H and O–H groups in total. The Bertz CT molecular complexity index is 460. The molecular formula is C12H16N2S. The first kappa shape index (κ1) is 10.6. The lowest BCUT2D eigenvalue weighted by Gasteiger charge is -2.04. The number of aryl methyl sites for hydroxylation is 1. The summed E-state index contributed by atoms with van der Waals surface area (Å²) in [4.78, 5) is 4.60. The van der Waals surface area contributed by atoms with E-state index in [9.17, 15) is 0 Å². The molecule has 0 aliphatic rings. The van der Waals surface area contributed by atoms with Crippen molar-refractivity contribution in [3.8, 4) is 0 Å². The number of hydrogen-bond donors (Lipinski definition) is 1. The molecule has 0 saturated heterocycles. The van der Waals surface area contributed by atoms with Crippen LogP contribution in [0, 0.1) is 6.92 Å². The molecule has 0 aliphatic carbocycles. The zero-order valence-corrected chi connectivity index (χ0v) is 10.2. The second-order valence-electron chi connectivity index (χ2n) is 4.11. The van der Waals surface area contributed by atoms with Gasteiger partial charge < -0.3 is 5.32 Å². The largest absolute Gasteiger partial charge is 0.308 e. The predicted octanol–water partition coefficient (Wildman–Crippen LogP) is 3.10. The molecule has 0 amide bonds. The van der Waals surface area contributed by atoms with Crippen molar-refractivity contribution >= 4 is 21.6 Å². The highest BCUT2D eigenvalue weighted by Crippen LogP contribution is 2.22. The molecular weight excluding hydrogens is 204 g/mol. The number of thiazole rings is 1. The van der Waals surface area contributed by atoms with E-state index in [-0.39, 0.29) is 0 Å². The Morgan fingerprint density at radius 3 is 2.93 bits per heavy atom. The summed E-state index contributed by atoms with van der Waals surface area (Å²) in [5.41, 5.74) is 2.40. The summed E-state index contributed by atoms with van der Waals surface area (Å²) < 4.78 is 1.28. The summed E-state index contributed by atoms with van der Waals surface area (Å²) >= 11 is 1.77. The Balaban J connectivity index is 2.23. The molecule has 15 heavy (non-hydrogen) atoms. The van der Waals surface area contributed by atoms with Crippen LogP contribution in [-0.2, 0) is 6.54 Å². The molecule has 3 heteroatoms. The molecule has 1 aromatic carbocycles. The zero-order chi connectivity index (χ0) is 10.8. The number of nitrogens with one attached hydrogen (secondary N) is 1. The van der Waals surface area contributed by atoms with Crippen LogP contribution < -0.4 is 5.32 Å². The van der Waals surface area contributed by atoms with Gasteiger partial charge in [0.1, 0.15) is 5.01 Å². The average molecular weight is 220 g/mol. The van der Waals surface area contributed by atoms with E-state index in [0.29, 0.717) is 6.04 Å². The average Bonchev–Trinajstić information content (AvgIpc) is 2.56. The van der Waals surface area contributed by atoms with E-state index in [1.807, 2.05) is 0 Å². The fourth-order valence-corrected chi connectivity index (χ4v) is 2.35. The lowest BCUT2D eigenvalue weighted by Crippen LogP contribution is -2.21. The van der Waals surface area contributed by atoms with Crippen LogP contribution in [0.1, 0.15) is 24.4 Å². The number of fused-ring (bicyclic) bond motifs is 1. The summed E-state index contributed by atoms with van der Waals surface area (Å²) in [6.45, 7) is 7.27. The Hall–Kier alpha value is -0.930. The SMILES string of the molecule is Cc1ccc2sc(CNC(C)C)nc2c1. The first-order valence-corrected chi connectivity index (χ1v) is 6.06. The Labute approximate surface area is 94.3 Å². The highest BCUT2D eigenvalue weighted by Gasteiger charge is 2.03. The van der Waals surface area contributed by atoms with Gasteiger partial charge in [-0.05, 0) is 24.6 Å². The van der Waals surface area contributed by atoms with Crippen LogP contribution in [0.2, 0.25) is 0 Å². The summed E-state index contributed by atoms with van der Waals surface area (Å²) in [5, 5.41) is 4.56. The van der Waals surface area contributed by atoms with E-state index >= 15 is 0 Å². The van der Waals surface area contributed by atoms with Gasteiger partial charge in [0, 0.05) is 12.6 Å². The molecule has 2 rings (SSSR count). The molecule has 0 bridgehead atoms. The number of rotatable bonds is 3. The van der Waals surface area contributed by atoms with Gasteiger partial charge in [0.2, 0.25) is 0 Å². The normalized spacial score (nSPS) is 11.5. The van der Waals surface area contributed by atoms with Gasteiger partial charge in [0.15, 0.2) is 0 Å². The highest BCUT2D eigenvalue weighted by atomic mass is 32.1. The van der Waals surface area contributed by atoms with Crippen LogP contribution in [0.5, 0.6) is 0 Å². The van der Waals surface area contributed by atoms with Crippen molar-refractivity contribution in [2.75, 3.05) is 0 Å². The van der Waals surface area contributed by atoms with Gasteiger partial charge >= 0.3 is 0 Å². The van der Waals surface area contributed by atoms with Crippen molar-refractivity contribution in [2.45, 2.75) is 33.4 Å². The molecule has 1 aromatic heterocycles. The van der Waals surface area contributed by atoms with Gasteiger partial charge in [0.25, 0.3) is 0 Å². The van der Waals surface area contributed by atoms with Crippen LogP contribution in [0.15, 0.2) is 18.2 Å². The molecule has 80 valence electrons. The minimum atomic E-state index is 0.513. The third-order valence-corrected chi connectivity index (χ3v) is 3.29. The van der Waals surface area contributed by atoms with Crippen molar-refractivity contribution < 1.29 is 0 Å². The second kappa shape index (κ2) is 4.29. The zero-order valence-electron chi connectivity index (χ0n) is 9.37. The summed E-state index contributed by atoms with van der Waals surface area (Å²) in [6, 6.07) is 6.95. The minimum Gasteiger partial charge on any atom is -0.308 e. The van der Waals surface area contributed by atoms with E-state index in [2.05, 4.69) is 49.3 Å². The van der Waals surface area contributed by atoms with Crippen molar-refractivity contribution in [3.63, 3.8) is 0 Å². The maximum Gasteiger partial charge on any atom is 0.108 e. The molecule has 0 saturated carbocycles. The van der Waals surface area contributed by atoms with Gasteiger partial charge in [-0.15, -0.1) is 11.3 Å². The lowest BCUT2D eigenvalue weighted by molar-refractivity contribution is 0.588. The molecule has 2 nitrogen and oxygen atoms in total. The maximum atomic E-state index is 4.60. The summed E-state index contributed by atoms with van der Waals surface area (Å²) in [5.74, 6) is 0. The van der Waals surface area contributed by atoms with E-state index in [1.165, 1.54) is 15.3 Å². The van der Waals surface area contributed by atoms with Crippen molar-refractivity contribution in [1.29, 1.82) is 0 Å². The number of aromatic nitrogens is 1. The van der Waals surface area contributed by atoms with E-state index in [4.69, 9.17) is 0 Å². The van der Waals surface area contributed by atoms with Crippen molar-refractivity contribution in [1.82, 2.24) is 10.3 Å². The van der Waals surface area contributed by atoms with E-state index in [0.717, 1.165) is 12.1 Å².